The van der Waals surface area contributed by atoms with Crippen LogP contribution in [0, 0.1) is 0 Å². The van der Waals surface area contributed by atoms with Crippen molar-refractivity contribution in [2.75, 3.05) is 0 Å². The maximum atomic E-state index is 5.29. The fourth-order valence-electron chi connectivity index (χ4n) is 0.178. The van der Waals surface area contributed by atoms with Crippen molar-refractivity contribution >= 4 is 30.5 Å². The maximum absolute atomic E-state index is 5.29. The van der Waals surface area contributed by atoms with Crippen molar-refractivity contribution in [2.24, 2.45) is 0 Å². The number of rotatable bonds is 2. The molecule has 6 heavy (non-hydrogen) atoms. The van der Waals surface area contributed by atoms with Gasteiger partial charge in [0.05, 0.1) is 4.74 Å². The average molecular weight is 124 g/mol. The first-order chi connectivity index (χ1) is 2.77. The summed E-state index contributed by atoms with van der Waals surface area (Å²) in [5, 5.41) is 0. The molecule has 0 saturated heterocycles. The van der Waals surface area contributed by atoms with Gasteiger partial charge in [0.25, 0.3) is 0 Å². The summed E-state index contributed by atoms with van der Waals surface area (Å²) in [5.74, 6) is 0. The SMILES string of the molecule is CC[B]C(Cl)Cl. The summed E-state index contributed by atoms with van der Waals surface area (Å²) in [7, 11) is 1.82. The predicted molar refractivity (Wildman–Crippen MR) is 31.7 cm³/mol. The van der Waals surface area contributed by atoms with Gasteiger partial charge in [0.15, 0.2) is 7.28 Å². The molecule has 0 unspecified atom stereocenters. The molecule has 0 bridgehead atoms. The second kappa shape index (κ2) is 3.82. The van der Waals surface area contributed by atoms with Gasteiger partial charge in [0.1, 0.15) is 0 Å². The highest BCUT2D eigenvalue weighted by Crippen LogP contribution is 1.99. The largest absolute Gasteiger partial charge is 0.154 e. The second-order valence-electron chi connectivity index (χ2n) is 0.978. The lowest BCUT2D eigenvalue weighted by molar-refractivity contribution is 1.44. The third kappa shape index (κ3) is 4.64. The van der Waals surface area contributed by atoms with Crippen LogP contribution in [-0.2, 0) is 0 Å². The lowest BCUT2D eigenvalue weighted by Gasteiger charge is -1.88. The van der Waals surface area contributed by atoms with Crippen LogP contribution in [-0.4, -0.2) is 12.0 Å². The van der Waals surface area contributed by atoms with E-state index in [2.05, 4.69) is 0 Å². The molecular weight excluding hydrogens is 118 g/mol. The summed E-state index contributed by atoms with van der Waals surface area (Å²) in [5.41, 5.74) is 0. The molecule has 0 spiro atoms. The Balaban J connectivity index is 2.63. The Morgan fingerprint density at radius 2 is 2.17 bits per heavy atom. The van der Waals surface area contributed by atoms with E-state index in [-0.39, 0.29) is 4.74 Å². The number of hydrogen-bond donors (Lipinski definition) is 0. The number of hydrogen-bond acceptors (Lipinski definition) is 0. The van der Waals surface area contributed by atoms with Crippen LogP contribution in [0.4, 0.5) is 0 Å². The number of alkyl halides is 2. The summed E-state index contributed by atoms with van der Waals surface area (Å²) in [4.78, 5) is 0. The minimum absolute atomic E-state index is 0.282. The van der Waals surface area contributed by atoms with Crippen molar-refractivity contribution in [3.63, 3.8) is 0 Å². The van der Waals surface area contributed by atoms with Gasteiger partial charge in [-0.2, -0.15) is 0 Å². The van der Waals surface area contributed by atoms with Gasteiger partial charge in [-0.1, -0.05) is 13.2 Å². The molecular formula is C3H6BCl2. The van der Waals surface area contributed by atoms with Crippen LogP contribution in [0.1, 0.15) is 6.92 Å². The van der Waals surface area contributed by atoms with Crippen LogP contribution < -0.4 is 0 Å². The molecule has 0 heterocycles. The van der Waals surface area contributed by atoms with Crippen LogP contribution in [0.2, 0.25) is 6.32 Å². The molecule has 0 N–H and O–H groups in total. The first-order valence-corrected chi connectivity index (χ1v) is 2.76. The summed E-state index contributed by atoms with van der Waals surface area (Å²) < 4.78 is -0.282. The van der Waals surface area contributed by atoms with Crippen molar-refractivity contribution in [1.29, 1.82) is 0 Å². The predicted octanol–water partition coefficient (Wildman–Crippen LogP) is 1.89. The summed E-state index contributed by atoms with van der Waals surface area (Å²) >= 11 is 10.6. The molecule has 0 atom stereocenters. The van der Waals surface area contributed by atoms with Gasteiger partial charge in [-0.25, -0.2) is 0 Å². The molecule has 0 fully saturated rings. The van der Waals surface area contributed by atoms with Gasteiger partial charge in [-0.05, 0) is 0 Å². The van der Waals surface area contributed by atoms with Crippen LogP contribution in [0.25, 0.3) is 0 Å². The lowest BCUT2D eigenvalue weighted by Crippen LogP contribution is -1.96. The quantitative estimate of drug-likeness (QED) is 0.389. The van der Waals surface area contributed by atoms with E-state index in [1.807, 2.05) is 14.2 Å². The smallest absolute Gasteiger partial charge is 0.116 e. The van der Waals surface area contributed by atoms with Crippen LogP contribution in [0.15, 0.2) is 0 Å². The van der Waals surface area contributed by atoms with Crippen molar-refractivity contribution in [1.82, 2.24) is 0 Å². The van der Waals surface area contributed by atoms with Gasteiger partial charge in [0, 0.05) is 0 Å². The molecule has 0 aromatic carbocycles. The Kier molecular flexibility index (Phi) is 4.23. The maximum Gasteiger partial charge on any atom is 0.154 e. The van der Waals surface area contributed by atoms with E-state index in [9.17, 15) is 0 Å². The zero-order valence-corrected chi connectivity index (χ0v) is 5.13. The average Bonchev–Trinajstić information content (AvgIpc) is 1.35. The molecule has 0 amide bonds. The molecule has 0 aliphatic rings. The lowest BCUT2D eigenvalue weighted by atomic mass is 9.78. The molecule has 0 aliphatic carbocycles. The molecule has 0 saturated carbocycles. The van der Waals surface area contributed by atoms with Gasteiger partial charge in [-0.15, -0.1) is 23.2 Å². The fraction of sp³-hybridized carbons (Fsp3) is 1.00. The topological polar surface area (TPSA) is 0 Å². The Morgan fingerprint density at radius 1 is 1.67 bits per heavy atom. The highest BCUT2D eigenvalue weighted by atomic mass is 35.5. The van der Waals surface area contributed by atoms with E-state index in [4.69, 9.17) is 23.2 Å². The van der Waals surface area contributed by atoms with E-state index in [0.717, 1.165) is 6.32 Å². The van der Waals surface area contributed by atoms with Gasteiger partial charge >= 0.3 is 0 Å². The van der Waals surface area contributed by atoms with Crippen molar-refractivity contribution < 1.29 is 0 Å². The summed E-state index contributed by atoms with van der Waals surface area (Å²) in [6.45, 7) is 2.00. The molecule has 1 radical (unpaired) electrons. The van der Waals surface area contributed by atoms with Crippen LogP contribution in [0.3, 0.4) is 0 Å². The first kappa shape index (κ1) is 6.64. The summed E-state index contributed by atoms with van der Waals surface area (Å²) in [6, 6.07) is 0. The highest BCUT2D eigenvalue weighted by Gasteiger charge is 1.94. The Labute approximate surface area is 49.1 Å². The van der Waals surface area contributed by atoms with E-state index >= 15 is 0 Å². The normalized spacial score (nSPS) is 9.33. The molecule has 0 nitrogen and oxygen atoms in total. The van der Waals surface area contributed by atoms with E-state index in [1.165, 1.54) is 0 Å². The van der Waals surface area contributed by atoms with E-state index in [0.29, 0.717) is 0 Å². The monoisotopic (exact) mass is 123 g/mol. The Bertz CT molecular complexity index is 30.0. The minimum Gasteiger partial charge on any atom is -0.116 e. The Hall–Kier alpha value is 0.645. The molecule has 35 valence electrons. The van der Waals surface area contributed by atoms with Crippen LogP contribution >= 0.6 is 23.2 Å². The van der Waals surface area contributed by atoms with E-state index in [1.54, 1.807) is 0 Å². The first-order valence-electron chi connectivity index (χ1n) is 1.89. The molecule has 0 aliphatic heterocycles. The molecule has 0 aromatic rings. The van der Waals surface area contributed by atoms with Crippen LogP contribution in [0.5, 0.6) is 0 Å². The minimum atomic E-state index is -0.282. The van der Waals surface area contributed by atoms with Gasteiger partial charge < -0.3 is 0 Å². The summed E-state index contributed by atoms with van der Waals surface area (Å²) in [6.07, 6.45) is 0.942. The van der Waals surface area contributed by atoms with Crippen molar-refractivity contribution in [3.05, 3.63) is 0 Å². The Morgan fingerprint density at radius 3 is 2.17 bits per heavy atom. The number of halogens is 2. The molecule has 3 heteroatoms. The fourth-order valence-corrected chi connectivity index (χ4v) is 0.535. The standard InChI is InChI=1S/C3H6BCl2/c1-2-4-3(5)6/h3H,2H2,1H3. The zero-order valence-electron chi connectivity index (χ0n) is 3.62. The molecule has 0 rings (SSSR count). The third-order valence-electron chi connectivity index (χ3n) is 0.414. The van der Waals surface area contributed by atoms with Crippen molar-refractivity contribution in [2.45, 2.75) is 18.0 Å². The molecule has 0 aromatic heterocycles. The van der Waals surface area contributed by atoms with Gasteiger partial charge in [-0.3, -0.25) is 0 Å². The second-order valence-corrected chi connectivity index (χ2v) is 2.14. The highest BCUT2D eigenvalue weighted by molar-refractivity contribution is 6.68. The van der Waals surface area contributed by atoms with Gasteiger partial charge in [0.2, 0.25) is 0 Å². The van der Waals surface area contributed by atoms with E-state index < -0.39 is 0 Å². The third-order valence-corrected chi connectivity index (χ3v) is 0.770. The van der Waals surface area contributed by atoms with Crippen molar-refractivity contribution in [3.8, 4) is 0 Å². The zero-order chi connectivity index (χ0) is 4.99.